The van der Waals surface area contributed by atoms with Crippen LogP contribution < -0.4 is 5.32 Å². The second-order valence-electron chi connectivity index (χ2n) is 4.52. The van der Waals surface area contributed by atoms with Crippen LogP contribution in [0.25, 0.3) is 0 Å². The van der Waals surface area contributed by atoms with Gasteiger partial charge in [0.25, 0.3) is 0 Å². The van der Waals surface area contributed by atoms with Crippen molar-refractivity contribution in [3.8, 4) is 0 Å². The minimum absolute atomic E-state index is 0.846. The summed E-state index contributed by atoms with van der Waals surface area (Å²) in [6, 6.07) is 0.846. The highest BCUT2D eigenvalue weighted by atomic mass is 14.9. The molecule has 1 saturated carbocycles. The van der Waals surface area contributed by atoms with E-state index in [0.29, 0.717) is 0 Å². The molecule has 0 heterocycles. The molecular formula is C13H23N. The van der Waals surface area contributed by atoms with Gasteiger partial charge in [-0.05, 0) is 52.5 Å². The topological polar surface area (TPSA) is 12.0 Å². The summed E-state index contributed by atoms with van der Waals surface area (Å²) < 4.78 is 0. The molecule has 1 fully saturated rings. The minimum Gasteiger partial charge on any atom is -0.314 e. The Bertz CT molecular complexity index is 211. The summed E-state index contributed by atoms with van der Waals surface area (Å²) in [5.74, 6) is 0. The van der Waals surface area contributed by atoms with Crippen molar-refractivity contribution in [3.05, 3.63) is 23.8 Å². The Kier molecular flexibility index (Phi) is 4.95. The predicted octanol–water partition coefficient (Wildman–Crippen LogP) is 3.43. The van der Waals surface area contributed by atoms with E-state index in [2.05, 4.69) is 31.8 Å². The van der Waals surface area contributed by atoms with Gasteiger partial charge >= 0.3 is 0 Å². The van der Waals surface area contributed by atoms with Crippen LogP contribution in [-0.2, 0) is 0 Å². The zero-order valence-corrected chi connectivity index (χ0v) is 9.60. The quantitative estimate of drug-likeness (QED) is 0.482. The number of allylic oxidation sites excluding steroid dienone is 2. The maximum absolute atomic E-state index is 3.92. The molecule has 0 spiro atoms. The summed E-state index contributed by atoms with van der Waals surface area (Å²) in [5.41, 5.74) is 2.79. The molecule has 0 bridgehead atoms. The molecule has 0 aromatic carbocycles. The fraction of sp³-hybridized carbons (Fsp3) is 0.692. The Labute approximate surface area is 88.3 Å². The second kappa shape index (κ2) is 6.02. The Hall–Kier alpha value is -0.560. The molecule has 0 aromatic heterocycles. The van der Waals surface area contributed by atoms with Crippen LogP contribution in [0.5, 0.6) is 0 Å². The first-order chi connectivity index (χ1) is 6.68. The van der Waals surface area contributed by atoms with Crippen LogP contribution in [0.3, 0.4) is 0 Å². The molecule has 0 saturated heterocycles. The van der Waals surface area contributed by atoms with E-state index in [0.717, 1.165) is 19.0 Å². The van der Waals surface area contributed by atoms with Crippen molar-refractivity contribution >= 4 is 0 Å². The molecule has 0 unspecified atom stereocenters. The van der Waals surface area contributed by atoms with E-state index in [4.69, 9.17) is 0 Å². The third-order valence-electron chi connectivity index (χ3n) is 2.59. The predicted molar refractivity (Wildman–Crippen MR) is 63.4 cm³/mol. The average Bonchev–Trinajstić information content (AvgIpc) is 2.92. The van der Waals surface area contributed by atoms with Crippen LogP contribution in [0.15, 0.2) is 23.8 Å². The number of rotatable bonds is 7. The monoisotopic (exact) mass is 193 g/mol. The summed E-state index contributed by atoms with van der Waals surface area (Å²) in [7, 11) is 0. The molecule has 1 rings (SSSR count). The normalized spacial score (nSPS) is 17.1. The Morgan fingerprint density at radius 3 is 2.64 bits per heavy atom. The number of nitrogens with one attached hydrogen (secondary N) is 1. The number of hydrogen-bond acceptors (Lipinski definition) is 1. The van der Waals surface area contributed by atoms with Crippen LogP contribution in [0.1, 0.15) is 46.0 Å². The molecule has 1 aliphatic carbocycles. The van der Waals surface area contributed by atoms with Gasteiger partial charge in [-0.2, -0.15) is 0 Å². The van der Waals surface area contributed by atoms with Crippen LogP contribution >= 0.6 is 0 Å². The lowest BCUT2D eigenvalue weighted by molar-refractivity contribution is 0.687. The smallest absolute Gasteiger partial charge is 0.00683 e. The van der Waals surface area contributed by atoms with Gasteiger partial charge in [0.05, 0.1) is 0 Å². The van der Waals surface area contributed by atoms with Crippen molar-refractivity contribution in [2.75, 3.05) is 6.54 Å². The van der Waals surface area contributed by atoms with Crippen LogP contribution in [-0.4, -0.2) is 12.6 Å². The highest BCUT2D eigenvalue weighted by Crippen LogP contribution is 2.18. The molecule has 0 radical (unpaired) electrons. The lowest BCUT2D eigenvalue weighted by atomic mass is 10.1. The molecule has 1 nitrogen and oxygen atoms in total. The highest BCUT2D eigenvalue weighted by Gasteiger charge is 2.19. The zero-order valence-electron chi connectivity index (χ0n) is 9.60. The molecule has 0 aliphatic heterocycles. The van der Waals surface area contributed by atoms with Gasteiger partial charge in [0, 0.05) is 6.04 Å². The van der Waals surface area contributed by atoms with Gasteiger partial charge in [-0.25, -0.2) is 0 Å². The summed E-state index contributed by atoms with van der Waals surface area (Å²) >= 11 is 0. The van der Waals surface area contributed by atoms with Gasteiger partial charge in [-0.15, -0.1) is 6.58 Å². The maximum atomic E-state index is 3.92. The third kappa shape index (κ3) is 5.98. The summed E-state index contributed by atoms with van der Waals surface area (Å²) in [5, 5.41) is 3.51. The van der Waals surface area contributed by atoms with E-state index in [-0.39, 0.29) is 0 Å². The fourth-order valence-electron chi connectivity index (χ4n) is 1.41. The fourth-order valence-corrected chi connectivity index (χ4v) is 1.41. The van der Waals surface area contributed by atoms with Crippen molar-refractivity contribution in [2.24, 2.45) is 0 Å². The van der Waals surface area contributed by atoms with Crippen molar-refractivity contribution < 1.29 is 0 Å². The van der Waals surface area contributed by atoms with E-state index >= 15 is 0 Å². The molecule has 0 aromatic rings. The average molecular weight is 193 g/mol. The van der Waals surface area contributed by atoms with E-state index < -0.39 is 0 Å². The van der Waals surface area contributed by atoms with Gasteiger partial charge in [-0.1, -0.05) is 17.2 Å². The first-order valence-corrected chi connectivity index (χ1v) is 5.72. The summed E-state index contributed by atoms with van der Waals surface area (Å²) in [6.07, 6.45) is 8.63. The van der Waals surface area contributed by atoms with E-state index in [1.54, 1.807) is 0 Å². The van der Waals surface area contributed by atoms with Gasteiger partial charge in [0.2, 0.25) is 0 Å². The molecule has 0 amide bonds. The van der Waals surface area contributed by atoms with Gasteiger partial charge in [0.1, 0.15) is 0 Å². The van der Waals surface area contributed by atoms with Crippen LogP contribution in [0.4, 0.5) is 0 Å². The lowest BCUT2D eigenvalue weighted by Crippen LogP contribution is -2.16. The van der Waals surface area contributed by atoms with Crippen LogP contribution in [0.2, 0.25) is 0 Å². The zero-order chi connectivity index (χ0) is 10.4. The standard InChI is InChI=1S/C13H23N/c1-11(2)6-7-12(3)5-4-10-14-13-8-9-13/h5,13-14H,1,4,6-10H2,2-3H3. The molecule has 14 heavy (non-hydrogen) atoms. The Morgan fingerprint density at radius 1 is 1.36 bits per heavy atom. The maximum Gasteiger partial charge on any atom is 0.00683 e. The molecule has 80 valence electrons. The largest absolute Gasteiger partial charge is 0.314 e. The van der Waals surface area contributed by atoms with Gasteiger partial charge in [0.15, 0.2) is 0 Å². The van der Waals surface area contributed by atoms with Crippen molar-refractivity contribution in [3.63, 3.8) is 0 Å². The third-order valence-corrected chi connectivity index (χ3v) is 2.59. The van der Waals surface area contributed by atoms with Gasteiger partial charge in [-0.3, -0.25) is 0 Å². The van der Waals surface area contributed by atoms with Gasteiger partial charge < -0.3 is 5.32 Å². The first-order valence-electron chi connectivity index (χ1n) is 5.72. The molecule has 1 N–H and O–H groups in total. The van der Waals surface area contributed by atoms with Crippen LogP contribution in [0, 0.1) is 0 Å². The number of hydrogen-bond donors (Lipinski definition) is 1. The van der Waals surface area contributed by atoms with E-state index in [1.807, 2.05) is 0 Å². The minimum atomic E-state index is 0.846. The molecule has 1 aliphatic rings. The van der Waals surface area contributed by atoms with Crippen molar-refractivity contribution in [2.45, 2.75) is 52.0 Å². The molecule has 0 atom stereocenters. The SMILES string of the molecule is C=C(C)CCC(C)=CCCNC1CC1. The second-order valence-corrected chi connectivity index (χ2v) is 4.52. The lowest BCUT2D eigenvalue weighted by Gasteiger charge is -2.02. The Balaban J connectivity index is 1.99. The molecule has 1 heteroatoms. The first kappa shape index (κ1) is 11.5. The van der Waals surface area contributed by atoms with E-state index in [1.165, 1.54) is 36.8 Å². The summed E-state index contributed by atoms with van der Waals surface area (Å²) in [6.45, 7) is 9.38. The molecular weight excluding hydrogens is 170 g/mol. The Morgan fingerprint density at radius 2 is 2.07 bits per heavy atom. The van der Waals surface area contributed by atoms with E-state index in [9.17, 15) is 0 Å². The van der Waals surface area contributed by atoms with Crippen molar-refractivity contribution in [1.82, 2.24) is 5.32 Å². The highest BCUT2D eigenvalue weighted by molar-refractivity contribution is 5.02. The van der Waals surface area contributed by atoms with Crippen molar-refractivity contribution in [1.29, 1.82) is 0 Å². The summed E-state index contributed by atoms with van der Waals surface area (Å²) in [4.78, 5) is 0.